The Morgan fingerprint density at radius 2 is 2.26 bits per heavy atom. The van der Waals surface area contributed by atoms with Gasteiger partial charge in [-0.3, -0.25) is 9.67 Å². The summed E-state index contributed by atoms with van der Waals surface area (Å²) in [6.07, 6.45) is 1.04. The highest BCUT2D eigenvalue weighted by atomic mass is 32.2. The summed E-state index contributed by atoms with van der Waals surface area (Å²) in [7, 11) is 0. The number of hydrogen-bond acceptors (Lipinski definition) is 3. The van der Waals surface area contributed by atoms with Gasteiger partial charge < -0.3 is 5.32 Å². The van der Waals surface area contributed by atoms with Gasteiger partial charge in [-0.2, -0.15) is 5.10 Å². The van der Waals surface area contributed by atoms with E-state index in [1.165, 1.54) is 11.4 Å². The molecule has 106 valence electrons. The largest absolute Gasteiger partial charge is 0.362 e. The highest BCUT2D eigenvalue weighted by Crippen LogP contribution is 2.19. The minimum absolute atomic E-state index is 0.538. The first-order chi connectivity index (χ1) is 9.06. The molecule has 0 radical (unpaired) electrons. The summed E-state index contributed by atoms with van der Waals surface area (Å²) < 4.78 is 2.07. The number of thioether (sulfide) groups is 1. The van der Waals surface area contributed by atoms with Crippen molar-refractivity contribution >= 4 is 16.9 Å². The van der Waals surface area contributed by atoms with E-state index in [9.17, 15) is 0 Å². The molecule has 0 aliphatic carbocycles. The molecule has 4 nitrogen and oxygen atoms in total. The Bertz CT molecular complexity index is 452. The Labute approximate surface area is 120 Å². The third-order valence-corrected chi connectivity index (χ3v) is 4.79. The average molecular weight is 280 g/mol. The van der Waals surface area contributed by atoms with E-state index in [-0.39, 0.29) is 0 Å². The number of amidine groups is 1. The second-order valence-electron chi connectivity index (χ2n) is 5.41. The fourth-order valence-electron chi connectivity index (χ4n) is 2.13. The third-order valence-electron chi connectivity index (χ3n) is 3.57. The van der Waals surface area contributed by atoms with Crippen molar-refractivity contribution in [3.05, 3.63) is 17.5 Å². The summed E-state index contributed by atoms with van der Waals surface area (Å²) in [5.74, 6) is 1.89. The Kier molecular flexibility index (Phi) is 4.91. The molecule has 5 heteroatoms. The Morgan fingerprint density at radius 1 is 1.47 bits per heavy atom. The molecule has 0 aromatic carbocycles. The van der Waals surface area contributed by atoms with Crippen LogP contribution in [0.4, 0.5) is 0 Å². The maximum absolute atomic E-state index is 4.65. The normalized spacial score (nSPS) is 25.6. The molecule has 1 aromatic rings. The van der Waals surface area contributed by atoms with Gasteiger partial charge in [-0.15, -0.1) is 0 Å². The van der Waals surface area contributed by atoms with Gasteiger partial charge in [0.05, 0.1) is 5.69 Å². The fraction of sp³-hybridized carbons (Fsp3) is 0.714. The monoisotopic (exact) mass is 280 g/mol. The molecule has 2 atom stereocenters. The molecule has 1 aromatic heterocycles. The summed E-state index contributed by atoms with van der Waals surface area (Å²) in [5.41, 5.74) is 2.33. The lowest BCUT2D eigenvalue weighted by atomic mass is 10.1. The summed E-state index contributed by atoms with van der Waals surface area (Å²) in [6.45, 7) is 10.5. The maximum Gasteiger partial charge on any atom is 0.156 e. The first kappa shape index (κ1) is 14.4. The van der Waals surface area contributed by atoms with Crippen molar-refractivity contribution in [1.29, 1.82) is 0 Å². The lowest BCUT2D eigenvalue weighted by Gasteiger charge is -2.28. The van der Waals surface area contributed by atoms with E-state index in [4.69, 9.17) is 0 Å². The number of aromatic nitrogens is 2. The first-order valence-corrected chi connectivity index (χ1v) is 7.99. The van der Waals surface area contributed by atoms with Crippen LogP contribution in [0.2, 0.25) is 0 Å². The lowest BCUT2D eigenvalue weighted by molar-refractivity contribution is 0.489. The van der Waals surface area contributed by atoms with E-state index in [1.807, 2.05) is 18.7 Å². The van der Waals surface area contributed by atoms with Crippen molar-refractivity contribution in [2.24, 2.45) is 10.9 Å². The highest BCUT2D eigenvalue weighted by Gasteiger charge is 2.20. The van der Waals surface area contributed by atoms with Gasteiger partial charge in [0.1, 0.15) is 0 Å². The molecule has 0 saturated carbocycles. The predicted molar refractivity (Wildman–Crippen MR) is 82.8 cm³/mol. The van der Waals surface area contributed by atoms with Gasteiger partial charge in [0.25, 0.3) is 0 Å². The van der Waals surface area contributed by atoms with Crippen LogP contribution in [0.15, 0.2) is 11.1 Å². The van der Waals surface area contributed by atoms with Gasteiger partial charge in [-0.25, -0.2) is 0 Å². The zero-order valence-electron chi connectivity index (χ0n) is 12.3. The average Bonchev–Trinajstić information content (AvgIpc) is 2.68. The van der Waals surface area contributed by atoms with E-state index in [0.29, 0.717) is 6.04 Å². The third kappa shape index (κ3) is 4.00. The van der Waals surface area contributed by atoms with E-state index in [1.54, 1.807) is 0 Å². The van der Waals surface area contributed by atoms with Crippen LogP contribution in [0.25, 0.3) is 0 Å². The van der Waals surface area contributed by atoms with Crippen LogP contribution in [0.5, 0.6) is 0 Å². The van der Waals surface area contributed by atoms with Crippen LogP contribution in [-0.2, 0) is 6.54 Å². The molecule has 2 heterocycles. The lowest BCUT2D eigenvalue weighted by Crippen LogP contribution is -2.41. The van der Waals surface area contributed by atoms with E-state index < -0.39 is 0 Å². The summed E-state index contributed by atoms with van der Waals surface area (Å²) in [5, 5.41) is 9.04. The Morgan fingerprint density at radius 3 is 2.89 bits per heavy atom. The van der Waals surface area contributed by atoms with Crippen LogP contribution in [-0.4, -0.2) is 33.3 Å². The van der Waals surface area contributed by atoms with Crippen molar-refractivity contribution in [2.75, 3.05) is 12.3 Å². The van der Waals surface area contributed by atoms with E-state index >= 15 is 0 Å². The molecular formula is C14H24N4S. The van der Waals surface area contributed by atoms with Crippen LogP contribution in [0, 0.1) is 19.8 Å². The van der Waals surface area contributed by atoms with Crippen molar-refractivity contribution in [2.45, 2.75) is 46.7 Å². The highest BCUT2D eigenvalue weighted by molar-refractivity contribution is 8.13. The van der Waals surface area contributed by atoms with Crippen molar-refractivity contribution in [3.8, 4) is 0 Å². The molecule has 1 aliphatic heterocycles. The predicted octanol–water partition coefficient (Wildman–Crippen LogP) is 2.61. The Balaban J connectivity index is 1.76. The fourth-order valence-corrected chi connectivity index (χ4v) is 3.29. The second-order valence-corrected chi connectivity index (χ2v) is 6.42. The topological polar surface area (TPSA) is 42.2 Å². The smallest absolute Gasteiger partial charge is 0.156 e. The van der Waals surface area contributed by atoms with Gasteiger partial charge in [0.15, 0.2) is 5.17 Å². The second kappa shape index (κ2) is 6.46. The molecule has 1 aliphatic rings. The SMILES string of the molecule is Cc1cc(C)n(CCCN=C2NC(C)C(C)CS2)n1. The standard InChI is InChI=1S/C14H24N4S/c1-10-9-19-14(16-13(10)4)15-6-5-7-18-12(3)8-11(2)17-18/h8,10,13H,5-7,9H2,1-4H3,(H,15,16). The number of nitrogens with one attached hydrogen (secondary N) is 1. The van der Waals surface area contributed by atoms with Crippen molar-refractivity contribution in [1.82, 2.24) is 15.1 Å². The van der Waals surface area contributed by atoms with Crippen LogP contribution in [0.1, 0.15) is 31.7 Å². The number of rotatable bonds is 4. The number of aliphatic imine (C=N–C) groups is 1. The summed E-state index contributed by atoms with van der Waals surface area (Å²) in [4.78, 5) is 4.65. The van der Waals surface area contributed by atoms with Crippen molar-refractivity contribution in [3.63, 3.8) is 0 Å². The molecule has 1 fully saturated rings. The van der Waals surface area contributed by atoms with Crippen LogP contribution in [0.3, 0.4) is 0 Å². The molecule has 0 bridgehead atoms. The molecule has 0 spiro atoms. The van der Waals surface area contributed by atoms with Crippen molar-refractivity contribution < 1.29 is 0 Å². The van der Waals surface area contributed by atoms with E-state index in [0.717, 1.165) is 36.3 Å². The van der Waals surface area contributed by atoms with Crippen LogP contribution < -0.4 is 5.32 Å². The number of aryl methyl sites for hydroxylation is 3. The van der Waals surface area contributed by atoms with Gasteiger partial charge in [0, 0.05) is 30.6 Å². The molecule has 1 saturated heterocycles. The minimum atomic E-state index is 0.538. The zero-order chi connectivity index (χ0) is 13.8. The number of nitrogens with zero attached hydrogens (tertiary/aromatic N) is 3. The van der Waals surface area contributed by atoms with Gasteiger partial charge in [-0.1, -0.05) is 18.7 Å². The molecule has 2 unspecified atom stereocenters. The molecule has 2 rings (SSSR count). The number of hydrogen-bond donors (Lipinski definition) is 1. The zero-order valence-corrected chi connectivity index (χ0v) is 13.1. The summed E-state index contributed by atoms with van der Waals surface area (Å²) >= 11 is 1.85. The van der Waals surface area contributed by atoms with E-state index in [2.05, 4.69) is 46.9 Å². The van der Waals surface area contributed by atoms with Gasteiger partial charge in [0.2, 0.25) is 0 Å². The quantitative estimate of drug-likeness (QED) is 0.862. The first-order valence-electron chi connectivity index (χ1n) is 7.01. The minimum Gasteiger partial charge on any atom is -0.362 e. The maximum atomic E-state index is 4.65. The molecule has 19 heavy (non-hydrogen) atoms. The van der Waals surface area contributed by atoms with Crippen LogP contribution >= 0.6 is 11.8 Å². The van der Waals surface area contributed by atoms with Gasteiger partial charge >= 0.3 is 0 Å². The Hall–Kier alpha value is -0.970. The molecular weight excluding hydrogens is 256 g/mol. The summed E-state index contributed by atoms with van der Waals surface area (Å²) in [6, 6.07) is 2.66. The molecule has 0 amide bonds. The van der Waals surface area contributed by atoms with Gasteiger partial charge in [-0.05, 0) is 39.2 Å². The molecule has 1 N–H and O–H groups in total.